The Kier molecular flexibility index (Phi) is 9.46. The molecule has 0 spiro atoms. The molecule has 1 unspecified atom stereocenters. The second-order valence-corrected chi connectivity index (χ2v) is 8.03. The van der Waals surface area contributed by atoms with E-state index in [0.29, 0.717) is 38.1 Å². The first-order valence-corrected chi connectivity index (χ1v) is 11.7. The summed E-state index contributed by atoms with van der Waals surface area (Å²) < 4.78 is 11.0. The summed E-state index contributed by atoms with van der Waals surface area (Å²) in [7, 11) is 1.87. The summed E-state index contributed by atoms with van der Waals surface area (Å²) in [5.41, 5.74) is 1.93. The predicted molar refractivity (Wildman–Crippen MR) is 134 cm³/mol. The minimum atomic E-state index is -0.145. The maximum Gasteiger partial charge on any atom is 0.309 e. The summed E-state index contributed by atoms with van der Waals surface area (Å²) in [4.78, 5) is 26.7. The van der Waals surface area contributed by atoms with E-state index in [2.05, 4.69) is 20.3 Å². The van der Waals surface area contributed by atoms with Crippen LogP contribution >= 0.6 is 11.6 Å². The molecule has 1 aromatic heterocycles. The average Bonchev–Trinajstić information content (AvgIpc) is 2.83. The number of likely N-dealkylation sites (N-methyl/N-ethyl adjacent to an activating group) is 1. The highest BCUT2D eigenvalue weighted by Gasteiger charge is 2.18. The number of esters is 1. The Balaban J connectivity index is 1.52. The molecule has 0 radical (unpaired) electrons. The molecular formula is C25H30ClN5O3. The number of nitrogens with one attached hydrogen (secondary N) is 1. The minimum Gasteiger partial charge on any atom is -0.492 e. The van der Waals surface area contributed by atoms with Gasteiger partial charge < -0.3 is 19.7 Å². The second-order valence-electron chi connectivity index (χ2n) is 7.69. The maximum absolute atomic E-state index is 12.0. The lowest BCUT2D eigenvalue weighted by molar-refractivity contribution is -0.148. The molecule has 8 nitrogen and oxygen atoms in total. The van der Waals surface area contributed by atoms with Gasteiger partial charge in [-0.05, 0) is 61.2 Å². The number of benzene rings is 2. The van der Waals surface area contributed by atoms with Crippen LogP contribution in [0.3, 0.4) is 0 Å². The fourth-order valence-electron chi connectivity index (χ4n) is 3.28. The van der Waals surface area contributed by atoms with E-state index in [1.165, 1.54) is 0 Å². The zero-order valence-electron chi connectivity index (χ0n) is 19.7. The van der Waals surface area contributed by atoms with E-state index < -0.39 is 0 Å². The standard InChI is InChI=1S/C25H30ClN5O3/c1-4-19(22(32)33-5-2)17-18-11-13-21(14-12-18)34-16-15-31(3)25-29-23(26)28-24(30-25)27-20-9-7-6-8-10-20/h6-14,19H,4-5,15-17H2,1-3H3,(H,27,28,29,30). The first-order valence-electron chi connectivity index (χ1n) is 11.3. The van der Waals surface area contributed by atoms with Gasteiger partial charge in [0.15, 0.2) is 0 Å². The molecule has 1 heterocycles. The molecular weight excluding hydrogens is 454 g/mol. The van der Waals surface area contributed by atoms with Gasteiger partial charge in [0.05, 0.1) is 19.1 Å². The lowest BCUT2D eigenvalue weighted by Gasteiger charge is -2.18. The van der Waals surface area contributed by atoms with Crippen molar-refractivity contribution in [2.45, 2.75) is 26.7 Å². The molecule has 0 saturated carbocycles. The first kappa shape index (κ1) is 25.2. The number of carbonyl (C=O) groups excluding carboxylic acids is 1. The smallest absolute Gasteiger partial charge is 0.309 e. The van der Waals surface area contributed by atoms with Crippen LogP contribution in [0, 0.1) is 5.92 Å². The summed E-state index contributed by atoms with van der Waals surface area (Å²) in [5, 5.41) is 3.24. The number of carbonyl (C=O) groups is 1. The number of anilines is 3. The maximum atomic E-state index is 12.0. The fraction of sp³-hybridized carbons (Fsp3) is 0.360. The van der Waals surface area contributed by atoms with Gasteiger partial charge >= 0.3 is 5.97 Å². The van der Waals surface area contributed by atoms with Gasteiger partial charge in [0.2, 0.25) is 17.2 Å². The van der Waals surface area contributed by atoms with Gasteiger partial charge in [0.25, 0.3) is 0 Å². The number of hydrogen-bond acceptors (Lipinski definition) is 8. The summed E-state index contributed by atoms with van der Waals surface area (Å²) >= 11 is 6.10. The zero-order valence-corrected chi connectivity index (χ0v) is 20.5. The molecule has 0 bridgehead atoms. The molecule has 0 saturated heterocycles. The van der Waals surface area contributed by atoms with Crippen LogP contribution in [0.15, 0.2) is 54.6 Å². The fourth-order valence-corrected chi connectivity index (χ4v) is 3.43. The van der Waals surface area contributed by atoms with Crippen molar-refractivity contribution in [3.63, 3.8) is 0 Å². The Morgan fingerprint density at radius 3 is 2.47 bits per heavy atom. The molecule has 0 aliphatic carbocycles. The molecule has 1 atom stereocenters. The van der Waals surface area contributed by atoms with E-state index in [-0.39, 0.29) is 17.2 Å². The van der Waals surface area contributed by atoms with Crippen LogP contribution in [0.2, 0.25) is 5.28 Å². The van der Waals surface area contributed by atoms with Crippen LogP contribution in [0.25, 0.3) is 0 Å². The van der Waals surface area contributed by atoms with Crippen LogP contribution in [0.1, 0.15) is 25.8 Å². The van der Waals surface area contributed by atoms with Crippen LogP contribution in [0.4, 0.5) is 17.6 Å². The van der Waals surface area contributed by atoms with Crippen LogP contribution in [-0.2, 0) is 16.0 Å². The Labute approximate surface area is 205 Å². The molecule has 180 valence electrons. The zero-order chi connectivity index (χ0) is 24.3. The number of nitrogens with zero attached hydrogens (tertiary/aromatic N) is 4. The van der Waals surface area contributed by atoms with Gasteiger partial charge in [-0.3, -0.25) is 4.79 Å². The number of rotatable bonds is 12. The number of halogens is 1. The highest BCUT2D eigenvalue weighted by atomic mass is 35.5. The largest absolute Gasteiger partial charge is 0.492 e. The number of ether oxygens (including phenoxy) is 2. The van der Waals surface area contributed by atoms with Crippen LogP contribution < -0.4 is 15.0 Å². The highest BCUT2D eigenvalue weighted by molar-refractivity contribution is 6.28. The van der Waals surface area contributed by atoms with Crippen LogP contribution in [-0.4, -0.2) is 47.7 Å². The topological polar surface area (TPSA) is 89.5 Å². The third-order valence-corrected chi connectivity index (χ3v) is 5.35. The first-order chi connectivity index (χ1) is 16.5. The van der Waals surface area contributed by atoms with Crippen molar-refractivity contribution in [1.29, 1.82) is 0 Å². The minimum absolute atomic E-state index is 0.111. The number of hydrogen-bond donors (Lipinski definition) is 1. The summed E-state index contributed by atoms with van der Waals surface area (Å²) in [6.45, 7) is 5.20. The molecule has 0 aliphatic rings. The van der Waals surface area contributed by atoms with E-state index >= 15 is 0 Å². The molecule has 3 aromatic rings. The number of aromatic nitrogens is 3. The Morgan fingerprint density at radius 1 is 1.06 bits per heavy atom. The SMILES string of the molecule is CCOC(=O)C(CC)Cc1ccc(OCCN(C)c2nc(Cl)nc(Nc3ccccc3)n2)cc1. The molecule has 34 heavy (non-hydrogen) atoms. The molecule has 9 heteroatoms. The quantitative estimate of drug-likeness (QED) is 0.363. The van der Waals surface area contributed by atoms with Gasteiger partial charge in [-0.25, -0.2) is 0 Å². The van der Waals surface area contributed by atoms with Gasteiger partial charge in [0, 0.05) is 12.7 Å². The van der Waals surface area contributed by atoms with Crippen molar-refractivity contribution in [1.82, 2.24) is 15.0 Å². The van der Waals surface area contributed by atoms with E-state index in [1.54, 1.807) is 0 Å². The molecule has 0 amide bonds. The van der Waals surface area contributed by atoms with Crippen molar-refractivity contribution in [2.24, 2.45) is 5.92 Å². The van der Waals surface area contributed by atoms with Crippen molar-refractivity contribution in [2.75, 3.05) is 37.0 Å². The van der Waals surface area contributed by atoms with E-state index in [0.717, 1.165) is 23.4 Å². The Bertz CT molecular complexity index is 1050. The molecule has 1 N–H and O–H groups in total. The number of para-hydroxylation sites is 1. The lowest BCUT2D eigenvalue weighted by Crippen LogP contribution is -2.26. The monoisotopic (exact) mass is 483 g/mol. The molecule has 0 aliphatic heterocycles. The van der Waals surface area contributed by atoms with Gasteiger partial charge in [-0.2, -0.15) is 15.0 Å². The van der Waals surface area contributed by atoms with Crippen molar-refractivity contribution in [3.05, 3.63) is 65.4 Å². The van der Waals surface area contributed by atoms with Crippen molar-refractivity contribution < 1.29 is 14.3 Å². The van der Waals surface area contributed by atoms with E-state index in [1.807, 2.05) is 80.4 Å². The summed E-state index contributed by atoms with van der Waals surface area (Å²) in [6.07, 6.45) is 1.39. The van der Waals surface area contributed by atoms with Gasteiger partial charge in [-0.15, -0.1) is 0 Å². The van der Waals surface area contributed by atoms with Crippen LogP contribution in [0.5, 0.6) is 5.75 Å². The molecule has 3 rings (SSSR count). The molecule has 2 aromatic carbocycles. The van der Waals surface area contributed by atoms with E-state index in [9.17, 15) is 4.79 Å². The summed E-state index contributed by atoms with van der Waals surface area (Å²) in [6, 6.07) is 17.4. The summed E-state index contributed by atoms with van der Waals surface area (Å²) in [5.74, 6) is 1.30. The average molecular weight is 484 g/mol. The Morgan fingerprint density at radius 2 is 1.79 bits per heavy atom. The normalized spacial score (nSPS) is 11.5. The van der Waals surface area contributed by atoms with Crippen molar-refractivity contribution >= 4 is 35.2 Å². The highest BCUT2D eigenvalue weighted by Crippen LogP contribution is 2.19. The lowest BCUT2D eigenvalue weighted by atomic mass is 9.97. The third-order valence-electron chi connectivity index (χ3n) is 5.18. The van der Waals surface area contributed by atoms with Crippen molar-refractivity contribution in [3.8, 4) is 5.75 Å². The second kappa shape index (κ2) is 12.7. The molecule has 0 fully saturated rings. The Hall–Kier alpha value is -3.39. The van der Waals surface area contributed by atoms with Gasteiger partial charge in [-0.1, -0.05) is 37.3 Å². The van der Waals surface area contributed by atoms with E-state index in [4.69, 9.17) is 21.1 Å². The predicted octanol–water partition coefficient (Wildman–Crippen LogP) is 4.92. The third kappa shape index (κ3) is 7.59. The van der Waals surface area contributed by atoms with Gasteiger partial charge in [0.1, 0.15) is 12.4 Å².